The molecule has 2 nitrogen and oxygen atoms in total. The van der Waals surface area contributed by atoms with Crippen LogP contribution in [0.1, 0.15) is 26.2 Å². The molecule has 0 bridgehead atoms. The van der Waals surface area contributed by atoms with Gasteiger partial charge in [-0.3, -0.25) is 4.79 Å². The maximum atomic E-state index is 11.1. The van der Waals surface area contributed by atoms with Crippen molar-refractivity contribution in [3.8, 4) is 0 Å². The highest BCUT2D eigenvalue weighted by atomic mass is 16.1. The molecule has 0 radical (unpaired) electrons. The molecule has 2 rings (SSSR count). The topological polar surface area (TPSA) is 29.1 Å². The Hall–Kier alpha value is -0.370. The molecule has 0 aromatic heterocycles. The lowest BCUT2D eigenvalue weighted by Gasteiger charge is -2.13. The second-order valence-electron chi connectivity index (χ2n) is 3.85. The van der Waals surface area contributed by atoms with Crippen LogP contribution in [0.5, 0.6) is 0 Å². The number of ketones is 1. The molecule has 1 aliphatic heterocycles. The zero-order valence-corrected chi connectivity index (χ0v) is 6.97. The average molecular weight is 153 g/mol. The van der Waals surface area contributed by atoms with Gasteiger partial charge >= 0.3 is 0 Å². The Labute approximate surface area is 67.4 Å². The number of hydrogen-bond acceptors (Lipinski definition) is 2. The van der Waals surface area contributed by atoms with Gasteiger partial charge < -0.3 is 5.32 Å². The summed E-state index contributed by atoms with van der Waals surface area (Å²) >= 11 is 0. The highest BCUT2D eigenvalue weighted by Crippen LogP contribution is 2.37. The van der Waals surface area contributed by atoms with Crippen LogP contribution in [0, 0.1) is 11.8 Å². The van der Waals surface area contributed by atoms with Crippen molar-refractivity contribution < 1.29 is 4.79 Å². The second kappa shape index (κ2) is 2.59. The molecule has 1 saturated carbocycles. The maximum absolute atomic E-state index is 11.1. The standard InChI is InChI=1S/C9H15NO/c1-6(11)9-8-4-2-3-7(8)5-10-9/h7-10H,2-5H2,1H3/t7-,8-,9+/m0/s1. The first kappa shape index (κ1) is 7.29. The fourth-order valence-corrected chi connectivity index (χ4v) is 2.63. The number of carbonyl (C=O) groups is 1. The summed E-state index contributed by atoms with van der Waals surface area (Å²) in [5, 5.41) is 3.31. The predicted octanol–water partition coefficient (Wildman–Crippen LogP) is 0.964. The van der Waals surface area contributed by atoms with Crippen molar-refractivity contribution in [1.29, 1.82) is 0 Å². The number of fused-ring (bicyclic) bond motifs is 1. The van der Waals surface area contributed by atoms with Crippen LogP contribution in [-0.4, -0.2) is 18.4 Å². The van der Waals surface area contributed by atoms with Gasteiger partial charge in [0.2, 0.25) is 0 Å². The van der Waals surface area contributed by atoms with Gasteiger partial charge in [-0.15, -0.1) is 0 Å². The van der Waals surface area contributed by atoms with Crippen LogP contribution >= 0.6 is 0 Å². The lowest BCUT2D eigenvalue weighted by atomic mass is 9.92. The normalized spacial score (nSPS) is 42.5. The molecule has 2 aliphatic rings. The van der Waals surface area contributed by atoms with Gasteiger partial charge in [-0.2, -0.15) is 0 Å². The van der Waals surface area contributed by atoms with E-state index in [-0.39, 0.29) is 6.04 Å². The summed E-state index contributed by atoms with van der Waals surface area (Å²) in [6.07, 6.45) is 3.93. The molecule has 0 amide bonds. The average Bonchev–Trinajstić information content (AvgIpc) is 2.41. The van der Waals surface area contributed by atoms with E-state index in [1.54, 1.807) is 6.92 Å². The Morgan fingerprint density at radius 1 is 1.45 bits per heavy atom. The van der Waals surface area contributed by atoms with Crippen molar-refractivity contribution in [2.24, 2.45) is 11.8 Å². The van der Waals surface area contributed by atoms with E-state index in [1.165, 1.54) is 19.3 Å². The van der Waals surface area contributed by atoms with Crippen molar-refractivity contribution in [2.75, 3.05) is 6.54 Å². The highest BCUT2D eigenvalue weighted by Gasteiger charge is 2.40. The Morgan fingerprint density at radius 2 is 2.27 bits per heavy atom. The van der Waals surface area contributed by atoms with E-state index in [2.05, 4.69) is 5.32 Å². The lowest BCUT2D eigenvalue weighted by molar-refractivity contribution is -0.119. The van der Waals surface area contributed by atoms with E-state index >= 15 is 0 Å². The van der Waals surface area contributed by atoms with Crippen molar-refractivity contribution in [3.63, 3.8) is 0 Å². The maximum Gasteiger partial charge on any atom is 0.146 e. The van der Waals surface area contributed by atoms with E-state index in [4.69, 9.17) is 0 Å². The first-order chi connectivity index (χ1) is 5.29. The zero-order chi connectivity index (χ0) is 7.84. The third-order valence-corrected chi connectivity index (χ3v) is 3.18. The SMILES string of the molecule is CC(=O)[C@H]1NC[C@@H]2CCC[C@@H]21. The minimum absolute atomic E-state index is 0.197. The summed E-state index contributed by atoms with van der Waals surface area (Å²) in [6.45, 7) is 2.78. The Bertz CT molecular complexity index is 178. The number of nitrogens with one attached hydrogen (secondary N) is 1. The van der Waals surface area contributed by atoms with Gasteiger partial charge in [0.25, 0.3) is 0 Å². The first-order valence-electron chi connectivity index (χ1n) is 4.53. The van der Waals surface area contributed by atoms with Crippen LogP contribution in [0.2, 0.25) is 0 Å². The molecule has 3 atom stereocenters. The van der Waals surface area contributed by atoms with E-state index in [1.807, 2.05) is 0 Å². The molecular weight excluding hydrogens is 138 g/mol. The summed E-state index contributed by atoms with van der Waals surface area (Å²) in [4.78, 5) is 11.1. The largest absolute Gasteiger partial charge is 0.307 e. The van der Waals surface area contributed by atoms with Gasteiger partial charge in [0, 0.05) is 0 Å². The summed E-state index contributed by atoms with van der Waals surface area (Å²) in [5.41, 5.74) is 0. The molecule has 0 unspecified atom stereocenters. The fraction of sp³-hybridized carbons (Fsp3) is 0.889. The van der Waals surface area contributed by atoms with Crippen molar-refractivity contribution in [1.82, 2.24) is 5.32 Å². The molecular formula is C9H15NO. The van der Waals surface area contributed by atoms with Gasteiger partial charge in [-0.25, -0.2) is 0 Å². The van der Waals surface area contributed by atoms with E-state index in [0.717, 1.165) is 12.5 Å². The monoisotopic (exact) mass is 153 g/mol. The summed E-state index contributed by atoms with van der Waals surface area (Å²) in [6, 6.07) is 0.197. The number of rotatable bonds is 1. The summed E-state index contributed by atoms with van der Waals surface area (Å²) < 4.78 is 0. The highest BCUT2D eigenvalue weighted by molar-refractivity contribution is 5.82. The Morgan fingerprint density at radius 3 is 3.00 bits per heavy atom. The van der Waals surface area contributed by atoms with E-state index < -0.39 is 0 Å². The number of Topliss-reactive ketones (excluding diaryl/α,β-unsaturated/α-hetero) is 1. The van der Waals surface area contributed by atoms with Crippen molar-refractivity contribution in [3.05, 3.63) is 0 Å². The van der Waals surface area contributed by atoms with Crippen LogP contribution in [0.3, 0.4) is 0 Å². The fourth-order valence-electron chi connectivity index (χ4n) is 2.63. The molecule has 0 spiro atoms. The summed E-state index contributed by atoms with van der Waals surface area (Å²) in [5.74, 6) is 1.82. The minimum atomic E-state index is 0.197. The zero-order valence-electron chi connectivity index (χ0n) is 6.97. The smallest absolute Gasteiger partial charge is 0.146 e. The van der Waals surface area contributed by atoms with Crippen LogP contribution in [0.15, 0.2) is 0 Å². The van der Waals surface area contributed by atoms with Crippen LogP contribution in [0.4, 0.5) is 0 Å². The molecule has 1 saturated heterocycles. The second-order valence-corrected chi connectivity index (χ2v) is 3.85. The minimum Gasteiger partial charge on any atom is -0.307 e. The first-order valence-corrected chi connectivity index (χ1v) is 4.53. The molecule has 1 aliphatic carbocycles. The molecule has 2 heteroatoms. The van der Waals surface area contributed by atoms with Crippen LogP contribution in [-0.2, 0) is 4.79 Å². The van der Waals surface area contributed by atoms with E-state index in [0.29, 0.717) is 11.7 Å². The third-order valence-electron chi connectivity index (χ3n) is 3.18. The van der Waals surface area contributed by atoms with E-state index in [9.17, 15) is 4.79 Å². The van der Waals surface area contributed by atoms with Crippen LogP contribution in [0.25, 0.3) is 0 Å². The van der Waals surface area contributed by atoms with Gasteiger partial charge in [0.15, 0.2) is 0 Å². The number of hydrogen-bond donors (Lipinski definition) is 1. The molecule has 11 heavy (non-hydrogen) atoms. The van der Waals surface area contributed by atoms with Gasteiger partial charge in [-0.1, -0.05) is 6.42 Å². The molecule has 2 fully saturated rings. The van der Waals surface area contributed by atoms with Crippen molar-refractivity contribution in [2.45, 2.75) is 32.2 Å². The lowest BCUT2D eigenvalue weighted by Crippen LogP contribution is -2.33. The van der Waals surface area contributed by atoms with Crippen molar-refractivity contribution >= 4 is 5.78 Å². The molecule has 0 aromatic carbocycles. The third kappa shape index (κ3) is 1.09. The quantitative estimate of drug-likeness (QED) is 0.608. The number of carbonyl (C=O) groups excluding carboxylic acids is 1. The molecule has 1 heterocycles. The van der Waals surface area contributed by atoms with Gasteiger partial charge in [0.1, 0.15) is 5.78 Å². The van der Waals surface area contributed by atoms with Gasteiger partial charge in [-0.05, 0) is 38.1 Å². The molecule has 0 aromatic rings. The Kier molecular flexibility index (Phi) is 1.72. The predicted molar refractivity (Wildman–Crippen MR) is 43.3 cm³/mol. The molecule has 62 valence electrons. The Balaban J connectivity index is 2.08. The van der Waals surface area contributed by atoms with Crippen LogP contribution < -0.4 is 5.32 Å². The van der Waals surface area contributed by atoms with Gasteiger partial charge in [0.05, 0.1) is 6.04 Å². The molecule has 1 N–H and O–H groups in total. The summed E-state index contributed by atoms with van der Waals surface area (Å²) in [7, 11) is 0.